The molecule has 0 aliphatic heterocycles. The summed E-state index contributed by atoms with van der Waals surface area (Å²) in [4.78, 5) is 3.26. The third-order valence-corrected chi connectivity index (χ3v) is 4.86. The third kappa shape index (κ3) is 3.12. The summed E-state index contributed by atoms with van der Waals surface area (Å²) >= 11 is 13.2. The van der Waals surface area contributed by atoms with Gasteiger partial charge < -0.3 is 10.3 Å². The molecule has 1 heterocycles. The first kappa shape index (κ1) is 14.9. The van der Waals surface area contributed by atoms with E-state index in [4.69, 9.17) is 11.6 Å². The molecule has 0 spiro atoms. The molecule has 0 atom stereocenters. The number of hydrogen-bond acceptors (Lipinski definition) is 1. The van der Waals surface area contributed by atoms with Crippen molar-refractivity contribution in [3.8, 4) is 0 Å². The molecule has 2 nitrogen and oxygen atoms in total. The van der Waals surface area contributed by atoms with Crippen LogP contribution in [0.5, 0.6) is 0 Å². The molecule has 21 heavy (non-hydrogen) atoms. The number of hydrogen-bond donors (Lipinski definition) is 2. The fraction of sp³-hybridized carbons (Fsp3) is 0.125. The van der Waals surface area contributed by atoms with Crippen molar-refractivity contribution < 1.29 is 0 Å². The van der Waals surface area contributed by atoms with E-state index in [1.807, 2.05) is 24.4 Å². The Morgan fingerprint density at radius 2 is 1.86 bits per heavy atom. The lowest BCUT2D eigenvalue weighted by Gasteiger charge is -2.11. The number of fused-ring (bicyclic) bond motifs is 1. The molecule has 0 radical (unpaired) electrons. The number of aromatic nitrogens is 1. The highest BCUT2D eigenvalue weighted by Crippen LogP contribution is 2.33. The van der Waals surface area contributed by atoms with Gasteiger partial charge in [0.25, 0.3) is 0 Å². The monoisotopic (exact) mass is 426 g/mol. The van der Waals surface area contributed by atoms with Gasteiger partial charge in [-0.2, -0.15) is 0 Å². The molecule has 2 aromatic carbocycles. The summed E-state index contributed by atoms with van der Waals surface area (Å²) in [6, 6.07) is 10.1. The molecular formula is C16H13Br2ClN2. The predicted octanol–water partition coefficient (Wildman–Crippen LogP) is 6.27. The van der Waals surface area contributed by atoms with E-state index in [2.05, 4.69) is 61.2 Å². The van der Waals surface area contributed by atoms with Crippen LogP contribution in [0.3, 0.4) is 0 Å². The first-order valence-corrected chi connectivity index (χ1v) is 8.46. The van der Waals surface area contributed by atoms with Gasteiger partial charge >= 0.3 is 0 Å². The van der Waals surface area contributed by atoms with E-state index in [9.17, 15) is 0 Å². The van der Waals surface area contributed by atoms with Gasteiger partial charge in [-0.15, -0.1) is 0 Å². The minimum absolute atomic E-state index is 0.738. The van der Waals surface area contributed by atoms with Crippen molar-refractivity contribution in [3.05, 3.63) is 61.6 Å². The van der Waals surface area contributed by atoms with Gasteiger partial charge in [0.15, 0.2) is 0 Å². The molecule has 0 aliphatic rings. The van der Waals surface area contributed by atoms with Gasteiger partial charge in [0.05, 0.1) is 5.69 Å². The number of anilines is 1. The highest BCUT2D eigenvalue weighted by molar-refractivity contribution is 9.11. The van der Waals surface area contributed by atoms with Crippen LogP contribution in [0.1, 0.15) is 11.1 Å². The number of aromatic amines is 1. The zero-order valence-corrected chi connectivity index (χ0v) is 15.2. The quantitative estimate of drug-likeness (QED) is 0.506. The molecular weight excluding hydrogens is 415 g/mol. The Morgan fingerprint density at radius 3 is 2.57 bits per heavy atom. The van der Waals surface area contributed by atoms with Crippen LogP contribution in [-0.2, 0) is 6.54 Å². The number of aryl methyl sites for hydroxylation is 1. The number of H-pyrrole nitrogens is 1. The van der Waals surface area contributed by atoms with E-state index >= 15 is 0 Å². The van der Waals surface area contributed by atoms with Crippen molar-refractivity contribution in [2.24, 2.45) is 0 Å². The van der Waals surface area contributed by atoms with Crippen molar-refractivity contribution in [2.75, 3.05) is 5.32 Å². The molecule has 0 aliphatic carbocycles. The van der Waals surface area contributed by atoms with Gasteiger partial charge in [0.1, 0.15) is 0 Å². The smallest absolute Gasteiger partial charge is 0.0631 e. The Morgan fingerprint density at radius 1 is 1.14 bits per heavy atom. The summed E-state index contributed by atoms with van der Waals surface area (Å²) in [5.41, 5.74) is 4.53. The lowest BCUT2D eigenvalue weighted by atomic mass is 10.1. The third-order valence-electron chi connectivity index (χ3n) is 3.37. The maximum absolute atomic E-state index is 6.01. The molecule has 0 unspecified atom stereocenters. The molecule has 3 aromatic rings. The second-order valence-corrected chi connectivity index (χ2v) is 7.11. The topological polar surface area (TPSA) is 27.8 Å². The normalized spacial score (nSPS) is 11.0. The molecule has 0 saturated carbocycles. The Labute approximate surface area is 145 Å². The van der Waals surface area contributed by atoms with Crippen LogP contribution in [-0.4, -0.2) is 4.98 Å². The van der Waals surface area contributed by atoms with Crippen molar-refractivity contribution in [1.82, 2.24) is 4.98 Å². The average Bonchev–Trinajstić information content (AvgIpc) is 2.79. The van der Waals surface area contributed by atoms with Crippen LogP contribution in [0, 0.1) is 6.92 Å². The van der Waals surface area contributed by atoms with Gasteiger partial charge in [0.2, 0.25) is 0 Å². The lowest BCUT2D eigenvalue weighted by Crippen LogP contribution is -2.00. The van der Waals surface area contributed by atoms with Gasteiger partial charge in [0, 0.05) is 37.6 Å². The van der Waals surface area contributed by atoms with E-state index in [1.54, 1.807) is 0 Å². The van der Waals surface area contributed by atoms with Crippen molar-refractivity contribution >= 4 is 60.1 Å². The number of benzene rings is 2. The molecule has 1 aromatic heterocycles. The van der Waals surface area contributed by atoms with E-state index in [-0.39, 0.29) is 0 Å². The minimum Gasteiger partial charge on any atom is -0.379 e. The van der Waals surface area contributed by atoms with Gasteiger partial charge in [-0.05, 0) is 74.2 Å². The highest BCUT2D eigenvalue weighted by Gasteiger charge is 2.08. The standard InChI is InChI=1S/C16H13Br2ClN2/c1-9-4-13(17)16(14(18)5-9)21-8-10-7-20-15-6-11(19)2-3-12(10)15/h2-7,20-21H,8H2,1H3. The second kappa shape index (κ2) is 6.03. The lowest BCUT2D eigenvalue weighted by molar-refractivity contribution is 1.15. The van der Waals surface area contributed by atoms with Crippen LogP contribution in [0.25, 0.3) is 10.9 Å². The zero-order chi connectivity index (χ0) is 15.0. The Balaban J connectivity index is 1.87. The van der Waals surface area contributed by atoms with Gasteiger partial charge in [-0.1, -0.05) is 17.7 Å². The van der Waals surface area contributed by atoms with Crippen LogP contribution in [0.2, 0.25) is 5.02 Å². The Kier molecular flexibility index (Phi) is 4.29. The fourth-order valence-electron chi connectivity index (χ4n) is 2.36. The summed E-state index contributed by atoms with van der Waals surface area (Å²) in [7, 11) is 0. The molecule has 0 amide bonds. The summed E-state index contributed by atoms with van der Waals surface area (Å²) < 4.78 is 2.11. The summed E-state index contributed by atoms with van der Waals surface area (Å²) in [5.74, 6) is 0. The number of nitrogens with one attached hydrogen (secondary N) is 2. The largest absolute Gasteiger partial charge is 0.379 e. The molecule has 0 fully saturated rings. The van der Waals surface area contributed by atoms with E-state index in [0.29, 0.717) is 0 Å². The molecule has 108 valence electrons. The van der Waals surface area contributed by atoms with Crippen molar-refractivity contribution in [2.45, 2.75) is 13.5 Å². The Bertz CT molecular complexity index is 788. The second-order valence-electron chi connectivity index (χ2n) is 4.96. The van der Waals surface area contributed by atoms with E-state index < -0.39 is 0 Å². The molecule has 0 bridgehead atoms. The molecule has 0 saturated heterocycles. The first-order chi connectivity index (χ1) is 10.0. The minimum atomic E-state index is 0.738. The first-order valence-electron chi connectivity index (χ1n) is 6.49. The molecule has 3 rings (SSSR count). The van der Waals surface area contributed by atoms with Crippen LogP contribution < -0.4 is 5.32 Å². The van der Waals surface area contributed by atoms with Gasteiger partial charge in [-0.25, -0.2) is 0 Å². The molecule has 5 heteroatoms. The van der Waals surface area contributed by atoms with E-state index in [1.165, 1.54) is 16.5 Å². The summed E-state index contributed by atoms with van der Waals surface area (Å²) in [6.45, 7) is 2.81. The highest BCUT2D eigenvalue weighted by atomic mass is 79.9. The predicted molar refractivity (Wildman–Crippen MR) is 97.2 cm³/mol. The SMILES string of the molecule is Cc1cc(Br)c(NCc2c[nH]c3cc(Cl)ccc23)c(Br)c1. The van der Waals surface area contributed by atoms with Crippen LogP contribution >= 0.6 is 43.5 Å². The number of rotatable bonds is 3. The summed E-state index contributed by atoms with van der Waals surface area (Å²) in [6.07, 6.45) is 2.02. The van der Waals surface area contributed by atoms with Gasteiger partial charge in [-0.3, -0.25) is 0 Å². The van der Waals surface area contributed by atoms with Crippen LogP contribution in [0.15, 0.2) is 45.5 Å². The molecule has 2 N–H and O–H groups in total. The van der Waals surface area contributed by atoms with Crippen molar-refractivity contribution in [3.63, 3.8) is 0 Å². The maximum Gasteiger partial charge on any atom is 0.0631 e. The van der Waals surface area contributed by atoms with Crippen molar-refractivity contribution in [1.29, 1.82) is 0 Å². The number of halogens is 3. The van der Waals surface area contributed by atoms with Crippen LogP contribution in [0.4, 0.5) is 5.69 Å². The van der Waals surface area contributed by atoms with E-state index in [0.717, 1.165) is 31.7 Å². The summed E-state index contributed by atoms with van der Waals surface area (Å²) in [5, 5.41) is 5.40. The average molecular weight is 429 g/mol. The maximum atomic E-state index is 6.01. The zero-order valence-electron chi connectivity index (χ0n) is 11.3. The fourth-order valence-corrected chi connectivity index (χ4v) is 4.22. The Hall–Kier alpha value is -0.970.